The second kappa shape index (κ2) is 30.4. The number of ether oxygens (including phenoxy) is 7. The Bertz CT molecular complexity index is 2510. The predicted molar refractivity (Wildman–Crippen MR) is 271 cm³/mol. The quantitative estimate of drug-likeness (QED) is 0.0104. The van der Waals surface area contributed by atoms with E-state index in [1.165, 1.54) is 6.07 Å². The Balaban J connectivity index is 1.18. The maximum absolute atomic E-state index is 11.1. The lowest BCUT2D eigenvalue weighted by Gasteiger charge is -2.14. The van der Waals surface area contributed by atoms with Crippen LogP contribution in [0.5, 0.6) is 40.2 Å². The number of amidine groups is 3. The van der Waals surface area contributed by atoms with E-state index in [0.29, 0.717) is 85.1 Å². The van der Waals surface area contributed by atoms with Gasteiger partial charge in [-0.25, -0.2) is 4.99 Å². The number of aliphatic hydroxyl groups excluding tert-OH is 1. The van der Waals surface area contributed by atoms with Gasteiger partial charge in [-0.1, -0.05) is 0 Å². The summed E-state index contributed by atoms with van der Waals surface area (Å²) in [6, 6.07) is 24.2. The van der Waals surface area contributed by atoms with Gasteiger partial charge in [0.2, 0.25) is 0 Å². The van der Waals surface area contributed by atoms with E-state index in [1.54, 1.807) is 48.5 Å². The number of nitrogens with two attached hydrogens (primary N) is 3. The molecule has 71 heavy (non-hydrogen) atoms. The molecule has 390 valence electrons. The molecular weight excluding hydrogens is 961 g/mol. The van der Waals surface area contributed by atoms with Crippen molar-refractivity contribution < 1.29 is 64.2 Å². The molecule has 0 saturated heterocycles. The van der Waals surface area contributed by atoms with Gasteiger partial charge in [-0.3, -0.25) is 19.9 Å². The van der Waals surface area contributed by atoms with Gasteiger partial charge in [-0.05, 0) is 144 Å². The van der Waals surface area contributed by atoms with E-state index >= 15 is 0 Å². The molecule has 1 atom stereocenters. The number of rotatable bonds is 37. The Morgan fingerprint density at radius 2 is 0.817 bits per heavy atom. The maximum Gasteiger partial charge on any atom is 0.269 e. The first-order valence-corrected chi connectivity index (χ1v) is 26.7. The van der Waals surface area contributed by atoms with Gasteiger partial charge in [0.25, 0.3) is 20.2 Å². The molecule has 11 N–H and O–H groups in total. The van der Waals surface area contributed by atoms with Crippen molar-refractivity contribution in [2.24, 2.45) is 22.2 Å². The van der Waals surface area contributed by atoms with Crippen molar-refractivity contribution in [2.45, 2.75) is 83.3 Å². The molecule has 4 aromatic carbocycles. The Morgan fingerprint density at radius 1 is 0.451 bits per heavy atom. The highest BCUT2D eigenvalue weighted by Crippen LogP contribution is 2.30. The third-order valence-electron chi connectivity index (χ3n) is 10.4. The second-order valence-electron chi connectivity index (χ2n) is 16.4. The fourth-order valence-electron chi connectivity index (χ4n) is 6.68. The van der Waals surface area contributed by atoms with Crippen LogP contribution in [0.25, 0.3) is 0 Å². The Hall–Kier alpha value is -6.33. The van der Waals surface area contributed by atoms with E-state index in [1.807, 2.05) is 30.3 Å². The van der Waals surface area contributed by atoms with Crippen LogP contribution in [0.15, 0.2) is 89.9 Å². The second-order valence-corrected chi connectivity index (χ2v) is 19.5. The standard InChI is InChI=1S/C49H68N6O14S2/c50-47(51)36-13-18-39(19-14-36)63-23-7-1-3-9-25-65-41-32-42(66-26-10-4-2-8-24-64-40-20-15-37(16-21-40)49(54)55-46(56)35-71(60,61)62)34-43(33-41)67-27-11-5-6-12-28-68-44-22-17-38(48(52)53)31-45(44)69-29-30-70(57,58)59/h13-22,31-34,46,56H,1-12,23-30,35H2,(H3,50,51)(H3,52,53)(H2,54,55)(H,57,58,59)(H,60,61,62). The molecule has 0 fully saturated rings. The molecule has 0 heterocycles. The monoisotopic (exact) mass is 1030 g/mol. The van der Waals surface area contributed by atoms with E-state index in [4.69, 9.17) is 70.3 Å². The van der Waals surface area contributed by atoms with Gasteiger partial charge in [-0.2, -0.15) is 16.8 Å². The molecule has 22 heteroatoms. The topological polar surface area (TPSA) is 332 Å². The highest BCUT2D eigenvalue weighted by molar-refractivity contribution is 7.86. The average Bonchev–Trinajstić information content (AvgIpc) is 3.31. The molecule has 0 radical (unpaired) electrons. The van der Waals surface area contributed by atoms with Gasteiger partial charge >= 0.3 is 0 Å². The molecular formula is C49H68N6O14S2. The summed E-state index contributed by atoms with van der Waals surface area (Å²) >= 11 is 0. The molecule has 4 rings (SSSR count). The van der Waals surface area contributed by atoms with Crippen LogP contribution in [-0.2, 0) is 20.2 Å². The van der Waals surface area contributed by atoms with Crippen LogP contribution < -0.4 is 50.4 Å². The Kier molecular flexibility index (Phi) is 24.5. The number of hydrogen-bond donors (Lipinski definition) is 8. The van der Waals surface area contributed by atoms with Crippen LogP contribution in [0, 0.1) is 10.8 Å². The minimum absolute atomic E-state index is 0.0199. The van der Waals surface area contributed by atoms with E-state index in [2.05, 4.69) is 4.99 Å². The highest BCUT2D eigenvalue weighted by atomic mass is 32.2. The van der Waals surface area contributed by atoms with Crippen LogP contribution >= 0.6 is 0 Å². The Labute approximate surface area is 416 Å². The van der Waals surface area contributed by atoms with Crippen molar-refractivity contribution >= 4 is 37.7 Å². The van der Waals surface area contributed by atoms with Crippen molar-refractivity contribution in [1.29, 1.82) is 10.8 Å². The zero-order valence-electron chi connectivity index (χ0n) is 39.8. The molecule has 1 unspecified atom stereocenters. The summed E-state index contributed by atoms with van der Waals surface area (Å²) in [5.74, 6) is 2.11. The highest BCUT2D eigenvalue weighted by Gasteiger charge is 2.15. The van der Waals surface area contributed by atoms with Crippen molar-refractivity contribution in [3.63, 3.8) is 0 Å². The predicted octanol–water partition coefficient (Wildman–Crippen LogP) is 6.49. The van der Waals surface area contributed by atoms with E-state index in [0.717, 1.165) is 82.8 Å². The zero-order valence-corrected chi connectivity index (χ0v) is 41.5. The lowest BCUT2D eigenvalue weighted by Crippen LogP contribution is -2.23. The zero-order chi connectivity index (χ0) is 51.5. The van der Waals surface area contributed by atoms with Gasteiger partial charge in [0.1, 0.15) is 64.4 Å². The first kappa shape index (κ1) is 57.3. The van der Waals surface area contributed by atoms with Gasteiger partial charge in [0.05, 0.1) is 39.6 Å². The SMILES string of the molecule is N=C(N)c1ccc(OCCCCCCOc2cc(OCCCCCCOc3ccc(/C(N)=N\C(O)CS(=O)(=O)O)cc3)cc(OCCCCCCOc3ccc(C(=N)N)cc3OCCS(=O)(=O)O)c2)cc1. The minimum atomic E-state index is -4.40. The number of nitrogen functional groups attached to an aromatic ring is 2. The number of nitrogens with zero attached hydrogens (tertiary/aromatic N) is 1. The smallest absolute Gasteiger partial charge is 0.269 e. The molecule has 0 saturated carbocycles. The number of aliphatic hydroxyl groups is 1. The molecule has 0 aliphatic carbocycles. The molecule has 0 aliphatic heterocycles. The van der Waals surface area contributed by atoms with E-state index in [9.17, 15) is 21.9 Å². The van der Waals surface area contributed by atoms with Crippen molar-refractivity contribution in [3.05, 3.63) is 102 Å². The molecule has 0 aromatic heterocycles. The molecule has 0 spiro atoms. The van der Waals surface area contributed by atoms with Crippen molar-refractivity contribution in [1.82, 2.24) is 0 Å². The van der Waals surface area contributed by atoms with E-state index < -0.39 is 38.0 Å². The number of hydrogen-bond acceptors (Lipinski definition) is 15. The average molecular weight is 1030 g/mol. The first-order valence-electron chi connectivity index (χ1n) is 23.4. The summed E-state index contributed by atoms with van der Waals surface area (Å²) in [7, 11) is -8.62. The van der Waals surface area contributed by atoms with Gasteiger partial charge in [0, 0.05) is 34.9 Å². The van der Waals surface area contributed by atoms with Crippen LogP contribution in [0.1, 0.15) is 93.7 Å². The summed E-state index contributed by atoms with van der Waals surface area (Å²) in [5.41, 5.74) is 18.5. The lowest BCUT2D eigenvalue weighted by molar-refractivity contribution is 0.205. The van der Waals surface area contributed by atoms with Gasteiger partial charge in [-0.15, -0.1) is 0 Å². The summed E-state index contributed by atoms with van der Waals surface area (Å²) < 4.78 is 104. The minimum Gasteiger partial charge on any atom is -0.494 e. The van der Waals surface area contributed by atoms with Crippen LogP contribution in [0.4, 0.5) is 0 Å². The summed E-state index contributed by atoms with van der Waals surface area (Å²) in [6.45, 7) is 2.65. The maximum atomic E-state index is 11.1. The summed E-state index contributed by atoms with van der Waals surface area (Å²) in [6.07, 6.45) is 8.73. The molecule has 0 aliphatic rings. The largest absolute Gasteiger partial charge is 0.494 e. The molecule has 4 aromatic rings. The van der Waals surface area contributed by atoms with Gasteiger partial charge < -0.3 is 55.5 Å². The van der Waals surface area contributed by atoms with Crippen molar-refractivity contribution in [2.75, 3.05) is 57.8 Å². The van der Waals surface area contributed by atoms with E-state index in [-0.39, 0.29) is 29.9 Å². The fraction of sp³-hybridized carbons (Fsp3) is 0.449. The van der Waals surface area contributed by atoms with Crippen molar-refractivity contribution in [3.8, 4) is 40.2 Å². The lowest BCUT2D eigenvalue weighted by atomic mass is 10.2. The third-order valence-corrected chi connectivity index (χ3v) is 11.8. The number of benzene rings is 4. The normalized spacial score (nSPS) is 12.2. The Morgan fingerprint density at radius 3 is 1.21 bits per heavy atom. The number of unbranched alkanes of at least 4 members (excludes halogenated alkanes) is 9. The number of nitrogens with one attached hydrogen (secondary N) is 2. The molecule has 0 bridgehead atoms. The van der Waals surface area contributed by atoms with Crippen LogP contribution in [0.2, 0.25) is 0 Å². The van der Waals surface area contributed by atoms with Gasteiger partial charge in [0.15, 0.2) is 17.7 Å². The summed E-state index contributed by atoms with van der Waals surface area (Å²) in [4.78, 5) is 3.70. The summed E-state index contributed by atoms with van der Waals surface area (Å²) in [5, 5.41) is 24.9. The third kappa shape index (κ3) is 24.4. The molecule has 0 amide bonds. The van der Waals surface area contributed by atoms with Crippen LogP contribution in [-0.4, -0.2) is 113 Å². The fourth-order valence-corrected chi connectivity index (χ4v) is 7.42. The number of aliphatic imine (C=N–C) groups is 1. The first-order chi connectivity index (χ1) is 33.9. The molecule has 20 nitrogen and oxygen atoms in total. The van der Waals surface area contributed by atoms with Crippen LogP contribution in [0.3, 0.4) is 0 Å².